The van der Waals surface area contributed by atoms with Gasteiger partial charge in [0.2, 0.25) is 0 Å². The Kier molecular flexibility index (Phi) is 8.37. The first-order valence-corrected chi connectivity index (χ1v) is 16.8. The SMILES string of the molecule is CC(C)Oc1ncc(S(=O)(=O)NC(=O)OC[C@@H](C)[C@H]2CC[C@H]3[C@@H]4[C@H](O)C[C@@H]5C[C@H](O)CC[C@]5(C)[C@H]4CC[C@]23C)cn1. The molecule has 4 fully saturated rings. The van der Waals surface area contributed by atoms with Crippen LogP contribution in [-0.2, 0) is 14.8 Å². The highest BCUT2D eigenvalue weighted by molar-refractivity contribution is 7.90. The van der Waals surface area contributed by atoms with E-state index in [1.165, 1.54) is 0 Å². The number of nitrogens with zero attached hydrogens (tertiary/aromatic N) is 2. The first-order chi connectivity index (χ1) is 19.2. The largest absolute Gasteiger partial charge is 0.461 e. The summed E-state index contributed by atoms with van der Waals surface area (Å²) in [6.45, 7) is 10.6. The minimum Gasteiger partial charge on any atom is -0.461 e. The predicted molar refractivity (Wildman–Crippen MR) is 151 cm³/mol. The van der Waals surface area contributed by atoms with Crippen LogP contribution in [0.4, 0.5) is 4.79 Å². The topological polar surface area (TPSA) is 148 Å². The highest BCUT2D eigenvalue weighted by Gasteiger charge is 2.62. The van der Waals surface area contributed by atoms with Crippen molar-refractivity contribution >= 4 is 16.1 Å². The van der Waals surface area contributed by atoms with Gasteiger partial charge in [-0.2, -0.15) is 0 Å². The number of rotatable bonds is 7. The van der Waals surface area contributed by atoms with Gasteiger partial charge in [0.15, 0.2) is 0 Å². The van der Waals surface area contributed by atoms with Crippen LogP contribution in [0.3, 0.4) is 0 Å². The van der Waals surface area contributed by atoms with E-state index in [1.807, 2.05) is 4.72 Å². The summed E-state index contributed by atoms with van der Waals surface area (Å²) in [5.41, 5.74) is 0.204. The molecular weight excluding hydrogens is 546 g/mol. The van der Waals surface area contributed by atoms with Crippen LogP contribution in [0.2, 0.25) is 0 Å². The van der Waals surface area contributed by atoms with E-state index in [1.54, 1.807) is 13.8 Å². The van der Waals surface area contributed by atoms with Gasteiger partial charge < -0.3 is 19.7 Å². The van der Waals surface area contributed by atoms with Crippen LogP contribution in [0.25, 0.3) is 0 Å². The Morgan fingerprint density at radius 1 is 1.02 bits per heavy atom. The third kappa shape index (κ3) is 5.70. The maximum absolute atomic E-state index is 12.7. The second-order valence-corrected chi connectivity index (χ2v) is 15.7. The third-order valence-electron chi connectivity index (χ3n) is 11.4. The van der Waals surface area contributed by atoms with Crippen LogP contribution in [0.5, 0.6) is 6.01 Å². The van der Waals surface area contributed by atoms with Crippen LogP contribution >= 0.6 is 0 Å². The number of carbonyl (C=O) groups excluding carboxylic acids is 1. The van der Waals surface area contributed by atoms with Gasteiger partial charge in [-0.25, -0.2) is 27.9 Å². The van der Waals surface area contributed by atoms with Crippen molar-refractivity contribution in [2.75, 3.05) is 6.61 Å². The number of sulfonamides is 1. The molecule has 4 aliphatic rings. The van der Waals surface area contributed by atoms with E-state index < -0.39 is 16.1 Å². The fourth-order valence-corrected chi connectivity index (χ4v) is 10.2. The molecule has 1 aromatic rings. The molecule has 0 unspecified atom stereocenters. The Morgan fingerprint density at radius 2 is 1.68 bits per heavy atom. The first-order valence-electron chi connectivity index (χ1n) is 15.3. The fourth-order valence-electron chi connectivity index (χ4n) is 9.41. The van der Waals surface area contributed by atoms with E-state index in [2.05, 4.69) is 30.7 Å². The van der Waals surface area contributed by atoms with Gasteiger partial charge in [-0.15, -0.1) is 0 Å². The lowest BCUT2D eigenvalue weighted by Crippen LogP contribution is -2.58. The van der Waals surface area contributed by atoms with E-state index in [0.29, 0.717) is 23.7 Å². The molecule has 0 bridgehead atoms. The summed E-state index contributed by atoms with van der Waals surface area (Å²) in [4.78, 5) is 20.1. The normalized spacial score (nSPS) is 39.3. The second kappa shape index (κ2) is 11.3. The lowest BCUT2D eigenvalue weighted by Gasteiger charge is -2.62. The zero-order valence-electron chi connectivity index (χ0n) is 25.0. The Balaban J connectivity index is 1.20. The summed E-state index contributed by atoms with van der Waals surface area (Å²) in [5, 5.41) is 21.7. The molecule has 1 heterocycles. The van der Waals surface area contributed by atoms with Crippen LogP contribution in [0.1, 0.15) is 86.0 Å². The van der Waals surface area contributed by atoms with E-state index in [-0.39, 0.29) is 58.5 Å². The van der Waals surface area contributed by atoms with Crippen molar-refractivity contribution in [3.63, 3.8) is 0 Å². The highest BCUT2D eigenvalue weighted by atomic mass is 32.2. The Bertz CT molecular complexity index is 1210. The molecular formula is C30H47N3O7S. The van der Waals surface area contributed by atoms with E-state index in [4.69, 9.17) is 9.47 Å². The summed E-state index contributed by atoms with van der Waals surface area (Å²) in [6, 6.07) is 0.0555. The average molecular weight is 594 g/mol. The van der Waals surface area contributed by atoms with Crippen molar-refractivity contribution in [2.45, 2.75) is 109 Å². The van der Waals surface area contributed by atoms with Gasteiger partial charge in [0.25, 0.3) is 10.0 Å². The molecule has 230 valence electrons. The molecule has 0 aromatic carbocycles. The van der Waals surface area contributed by atoms with Crippen molar-refractivity contribution in [3.05, 3.63) is 12.4 Å². The van der Waals surface area contributed by atoms with Crippen molar-refractivity contribution in [1.29, 1.82) is 0 Å². The standard InChI is InChI=1S/C30H47N3O7S/c1-17(2)40-27-31-14-21(15-32-27)41(37,38)33-28(36)39-16-18(3)22-6-7-23-26-24(9-11-30(22,23)5)29(4)10-8-20(34)12-19(29)13-25(26)35/h14-15,17-20,22-26,34-35H,6-13,16H2,1-5H3,(H,33,36)/t18-,19+,20-,22-,23+,24+,25-,26+,29+,30-/m1/s1. The molecule has 0 aliphatic heterocycles. The number of hydrogen-bond acceptors (Lipinski definition) is 9. The minimum atomic E-state index is -4.19. The van der Waals surface area contributed by atoms with Crippen molar-refractivity contribution in [2.24, 2.45) is 46.3 Å². The zero-order chi connectivity index (χ0) is 29.7. The number of fused-ring (bicyclic) bond motifs is 5. The van der Waals surface area contributed by atoms with Crippen LogP contribution < -0.4 is 9.46 Å². The Hall–Kier alpha value is -1.98. The zero-order valence-corrected chi connectivity index (χ0v) is 25.8. The van der Waals surface area contributed by atoms with Gasteiger partial charge in [-0.3, -0.25) is 0 Å². The minimum absolute atomic E-state index is 0.0298. The molecule has 0 spiro atoms. The van der Waals surface area contributed by atoms with E-state index in [0.717, 1.165) is 63.8 Å². The van der Waals surface area contributed by atoms with Gasteiger partial charge in [-0.05, 0) is 112 Å². The maximum Gasteiger partial charge on any atom is 0.421 e. The molecule has 10 nitrogen and oxygen atoms in total. The Labute approximate surface area is 244 Å². The summed E-state index contributed by atoms with van der Waals surface area (Å²) in [6.07, 6.45) is 8.08. The molecule has 0 saturated heterocycles. The molecule has 41 heavy (non-hydrogen) atoms. The number of aromatic nitrogens is 2. The number of aliphatic hydroxyl groups excluding tert-OH is 2. The number of amides is 1. The lowest BCUT2D eigenvalue weighted by molar-refractivity contribution is -0.174. The summed E-state index contributed by atoms with van der Waals surface area (Å²) in [7, 11) is -4.19. The lowest BCUT2D eigenvalue weighted by atomic mass is 9.43. The number of hydrogen-bond donors (Lipinski definition) is 3. The van der Waals surface area contributed by atoms with Gasteiger partial charge >= 0.3 is 12.1 Å². The molecule has 5 rings (SSSR count). The number of nitrogens with one attached hydrogen (secondary N) is 1. The molecule has 4 aliphatic carbocycles. The number of aliphatic hydroxyl groups is 2. The fraction of sp³-hybridized carbons (Fsp3) is 0.833. The van der Waals surface area contributed by atoms with Crippen molar-refractivity contribution in [3.8, 4) is 6.01 Å². The molecule has 3 N–H and O–H groups in total. The number of carbonyl (C=O) groups is 1. The predicted octanol–water partition coefficient (Wildman–Crippen LogP) is 4.31. The molecule has 10 atom stereocenters. The van der Waals surface area contributed by atoms with Gasteiger partial charge in [0, 0.05) is 0 Å². The Morgan fingerprint density at radius 3 is 2.37 bits per heavy atom. The monoisotopic (exact) mass is 593 g/mol. The molecule has 0 radical (unpaired) electrons. The second-order valence-electron chi connectivity index (χ2n) is 14.0. The van der Waals surface area contributed by atoms with Crippen LogP contribution in [-0.4, -0.2) is 59.6 Å². The molecule has 4 saturated carbocycles. The summed E-state index contributed by atoms with van der Waals surface area (Å²) < 4.78 is 38.0. The number of ether oxygens (including phenoxy) is 2. The van der Waals surface area contributed by atoms with Crippen LogP contribution in [0.15, 0.2) is 17.3 Å². The molecule has 1 aromatic heterocycles. The maximum atomic E-state index is 12.7. The summed E-state index contributed by atoms with van der Waals surface area (Å²) >= 11 is 0. The smallest absolute Gasteiger partial charge is 0.421 e. The average Bonchev–Trinajstić information content (AvgIpc) is 3.25. The van der Waals surface area contributed by atoms with Gasteiger partial charge in [0.1, 0.15) is 4.90 Å². The molecule has 11 heteroatoms. The highest BCUT2D eigenvalue weighted by Crippen LogP contribution is 2.68. The van der Waals surface area contributed by atoms with Crippen LogP contribution in [0, 0.1) is 46.3 Å². The van der Waals surface area contributed by atoms with Crippen molar-refractivity contribution < 1.29 is 32.9 Å². The summed E-state index contributed by atoms with van der Waals surface area (Å²) in [5.74, 6) is 1.87. The van der Waals surface area contributed by atoms with E-state index in [9.17, 15) is 23.4 Å². The van der Waals surface area contributed by atoms with E-state index >= 15 is 0 Å². The first kappa shape index (κ1) is 30.5. The van der Waals surface area contributed by atoms with Gasteiger partial charge in [-0.1, -0.05) is 20.8 Å². The van der Waals surface area contributed by atoms with Crippen molar-refractivity contribution in [1.82, 2.24) is 14.7 Å². The quantitative estimate of drug-likeness (QED) is 0.421. The molecule has 1 amide bonds. The van der Waals surface area contributed by atoms with Gasteiger partial charge in [0.05, 0.1) is 37.3 Å². The third-order valence-corrected chi connectivity index (χ3v) is 12.6.